The molecule has 0 saturated heterocycles. The standard InChI is InChI=1S/C15H15F2N3O/c1-2-19-14-5-6-18-9-12(14)15(21)20-8-10-7-11(16)3-4-13(10)17/h3-7,9H,2,8H2,1H3,(H,18,19)(H,20,21). The lowest BCUT2D eigenvalue weighted by atomic mass is 10.2. The van der Waals surface area contributed by atoms with Crippen molar-refractivity contribution in [1.82, 2.24) is 10.3 Å². The Morgan fingerprint density at radius 2 is 2.10 bits per heavy atom. The highest BCUT2D eigenvalue weighted by Crippen LogP contribution is 2.14. The Hall–Kier alpha value is -2.50. The van der Waals surface area contributed by atoms with E-state index in [0.29, 0.717) is 17.8 Å². The highest BCUT2D eigenvalue weighted by Gasteiger charge is 2.12. The average molecular weight is 291 g/mol. The summed E-state index contributed by atoms with van der Waals surface area (Å²) < 4.78 is 26.5. The number of aromatic nitrogens is 1. The molecule has 0 fully saturated rings. The number of carbonyl (C=O) groups excluding carboxylic acids is 1. The molecule has 0 aliphatic rings. The highest BCUT2D eigenvalue weighted by atomic mass is 19.1. The second kappa shape index (κ2) is 6.78. The van der Waals surface area contributed by atoms with Gasteiger partial charge in [-0.15, -0.1) is 0 Å². The van der Waals surface area contributed by atoms with Crippen LogP contribution in [0.15, 0.2) is 36.7 Å². The quantitative estimate of drug-likeness (QED) is 0.890. The molecule has 0 aliphatic carbocycles. The number of anilines is 1. The third-order valence-corrected chi connectivity index (χ3v) is 2.88. The number of nitrogens with one attached hydrogen (secondary N) is 2. The van der Waals surface area contributed by atoms with E-state index >= 15 is 0 Å². The van der Waals surface area contributed by atoms with Crippen molar-refractivity contribution in [2.24, 2.45) is 0 Å². The summed E-state index contributed by atoms with van der Waals surface area (Å²) in [5.41, 5.74) is 1.10. The number of amides is 1. The van der Waals surface area contributed by atoms with Crippen LogP contribution in [-0.4, -0.2) is 17.4 Å². The van der Waals surface area contributed by atoms with Crippen LogP contribution in [0.1, 0.15) is 22.8 Å². The van der Waals surface area contributed by atoms with Crippen molar-refractivity contribution in [2.75, 3.05) is 11.9 Å². The number of hydrogen-bond acceptors (Lipinski definition) is 3. The fourth-order valence-corrected chi connectivity index (χ4v) is 1.87. The van der Waals surface area contributed by atoms with Crippen LogP contribution in [-0.2, 0) is 6.54 Å². The normalized spacial score (nSPS) is 10.2. The molecule has 110 valence electrons. The summed E-state index contributed by atoms with van der Waals surface area (Å²) in [5, 5.41) is 5.60. The molecule has 6 heteroatoms. The molecular formula is C15H15F2N3O. The monoisotopic (exact) mass is 291 g/mol. The Morgan fingerprint density at radius 3 is 2.86 bits per heavy atom. The molecule has 2 rings (SSSR count). The van der Waals surface area contributed by atoms with Crippen LogP contribution in [0.5, 0.6) is 0 Å². The van der Waals surface area contributed by atoms with E-state index in [9.17, 15) is 13.6 Å². The van der Waals surface area contributed by atoms with Crippen molar-refractivity contribution in [3.05, 3.63) is 59.4 Å². The smallest absolute Gasteiger partial charge is 0.255 e. The van der Waals surface area contributed by atoms with Gasteiger partial charge in [0, 0.05) is 31.0 Å². The first-order chi connectivity index (χ1) is 10.1. The van der Waals surface area contributed by atoms with E-state index in [2.05, 4.69) is 15.6 Å². The van der Waals surface area contributed by atoms with Crippen molar-refractivity contribution in [1.29, 1.82) is 0 Å². The molecule has 1 amide bonds. The maximum Gasteiger partial charge on any atom is 0.255 e. The van der Waals surface area contributed by atoms with E-state index in [-0.39, 0.29) is 12.1 Å². The van der Waals surface area contributed by atoms with Crippen LogP contribution in [0.25, 0.3) is 0 Å². The SMILES string of the molecule is CCNc1ccncc1C(=O)NCc1cc(F)ccc1F. The van der Waals surface area contributed by atoms with Crippen molar-refractivity contribution in [3.8, 4) is 0 Å². The van der Waals surface area contributed by atoms with Crippen molar-refractivity contribution in [2.45, 2.75) is 13.5 Å². The van der Waals surface area contributed by atoms with Gasteiger partial charge < -0.3 is 10.6 Å². The van der Waals surface area contributed by atoms with E-state index in [1.807, 2.05) is 6.92 Å². The van der Waals surface area contributed by atoms with E-state index in [1.165, 1.54) is 6.20 Å². The number of hydrogen-bond donors (Lipinski definition) is 2. The summed E-state index contributed by atoms with van der Waals surface area (Å²) in [7, 11) is 0. The van der Waals surface area contributed by atoms with Gasteiger partial charge in [0.05, 0.1) is 11.3 Å². The molecule has 1 heterocycles. The van der Waals surface area contributed by atoms with Gasteiger partial charge in [-0.1, -0.05) is 0 Å². The second-order valence-corrected chi connectivity index (χ2v) is 4.37. The van der Waals surface area contributed by atoms with Crippen molar-refractivity contribution < 1.29 is 13.6 Å². The molecule has 21 heavy (non-hydrogen) atoms. The maximum absolute atomic E-state index is 13.5. The number of halogens is 2. The van der Waals surface area contributed by atoms with Gasteiger partial charge >= 0.3 is 0 Å². The minimum Gasteiger partial charge on any atom is -0.385 e. The Kier molecular flexibility index (Phi) is 4.81. The summed E-state index contributed by atoms with van der Waals surface area (Å²) in [6, 6.07) is 4.81. The Morgan fingerprint density at radius 1 is 1.29 bits per heavy atom. The van der Waals surface area contributed by atoms with Crippen LogP contribution in [0.2, 0.25) is 0 Å². The molecule has 2 aromatic rings. The zero-order chi connectivity index (χ0) is 15.2. The van der Waals surface area contributed by atoms with Crippen LogP contribution >= 0.6 is 0 Å². The molecule has 0 unspecified atom stereocenters. The first-order valence-electron chi connectivity index (χ1n) is 6.51. The van der Waals surface area contributed by atoms with Gasteiger partial charge in [-0.3, -0.25) is 9.78 Å². The topological polar surface area (TPSA) is 54.0 Å². The number of benzene rings is 1. The highest BCUT2D eigenvalue weighted by molar-refractivity contribution is 5.99. The number of pyridine rings is 1. The number of rotatable bonds is 5. The van der Waals surface area contributed by atoms with E-state index in [4.69, 9.17) is 0 Å². The molecule has 0 spiro atoms. The Bertz CT molecular complexity index is 647. The van der Waals surface area contributed by atoms with Gasteiger partial charge in [0.1, 0.15) is 11.6 Å². The summed E-state index contributed by atoms with van der Waals surface area (Å²) >= 11 is 0. The van der Waals surface area contributed by atoms with Gasteiger partial charge in [0.25, 0.3) is 5.91 Å². The predicted octanol–water partition coefficient (Wildman–Crippen LogP) is 2.72. The lowest BCUT2D eigenvalue weighted by molar-refractivity contribution is 0.0951. The van der Waals surface area contributed by atoms with Gasteiger partial charge in [-0.25, -0.2) is 8.78 Å². The zero-order valence-corrected chi connectivity index (χ0v) is 11.5. The van der Waals surface area contributed by atoms with Crippen LogP contribution in [0.4, 0.5) is 14.5 Å². The second-order valence-electron chi connectivity index (χ2n) is 4.37. The third-order valence-electron chi connectivity index (χ3n) is 2.88. The molecule has 0 atom stereocenters. The summed E-state index contributed by atoms with van der Waals surface area (Å²) in [6.07, 6.45) is 3.00. The van der Waals surface area contributed by atoms with E-state index in [0.717, 1.165) is 18.2 Å². The van der Waals surface area contributed by atoms with Crippen LogP contribution < -0.4 is 10.6 Å². The summed E-state index contributed by atoms with van der Waals surface area (Å²) in [4.78, 5) is 16.0. The number of carbonyl (C=O) groups is 1. The van der Waals surface area contributed by atoms with E-state index in [1.54, 1.807) is 12.3 Å². The fourth-order valence-electron chi connectivity index (χ4n) is 1.87. The summed E-state index contributed by atoms with van der Waals surface area (Å²) in [6.45, 7) is 2.47. The Labute approximate surface area is 121 Å². The minimum absolute atomic E-state index is 0.0944. The first-order valence-corrected chi connectivity index (χ1v) is 6.51. The molecular weight excluding hydrogens is 276 g/mol. The van der Waals surface area contributed by atoms with Gasteiger partial charge in [0.2, 0.25) is 0 Å². The molecule has 4 nitrogen and oxygen atoms in total. The maximum atomic E-state index is 13.5. The molecule has 0 aliphatic heterocycles. The lowest BCUT2D eigenvalue weighted by Gasteiger charge is -2.11. The summed E-state index contributed by atoms with van der Waals surface area (Å²) in [5.74, 6) is -1.51. The van der Waals surface area contributed by atoms with Crippen molar-refractivity contribution in [3.63, 3.8) is 0 Å². The Balaban J connectivity index is 2.10. The fraction of sp³-hybridized carbons (Fsp3) is 0.200. The van der Waals surface area contributed by atoms with Crippen LogP contribution in [0.3, 0.4) is 0 Å². The third kappa shape index (κ3) is 3.75. The van der Waals surface area contributed by atoms with Gasteiger partial charge in [-0.05, 0) is 31.2 Å². The molecule has 2 N–H and O–H groups in total. The first kappa shape index (κ1) is 14.9. The zero-order valence-electron chi connectivity index (χ0n) is 11.5. The lowest BCUT2D eigenvalue weighted by Crippen LogP contribution is -2.24. The molecule has 1 aromatic heterocycles. The molecule has 0 bridgehead atoms. The average Bonchev–Trinajstić information content (AvgIpc) is 2.49. The predicted molar refractivity (Wildman–Crippen MR) is 75.9 cm³/mol. The van der Waals surface area contributed by atoms with E-state index < -0.39 is 17.5 Å². The van der Waals surface area contributed by atoms with Gasteiger partial charge in [-0.2, -0.15) is 0 Å². The van der Waals surface area contributed by atoms with Crippen molar-refractivity contribution >= 4 is 11.6 Å². The van der Waals surface area contributed by atoms with Crippen LogP contribution in [0, 0.1) is 11.6 Å². The van der Waals surface area contributed by atoms with Gasteiger partial charge in [0.15, 0.2) is 0 Å². The minimum atomic E-state index is -0.560. The largest absolute Gasteiger partial charge is 0.385 e. The molecule has 0 radical (unpaired) electrons. The molecule has 0 saturated carbocycles. The molecule has 1 aromatic carbocycles. The number of nitrogens with zero attached hydrogens (tertiary/aromatic N) is 1.